The molecule has 0 saturated carbocycles. The van der Waals surface area contributed by atoms with Crippen molar-refractivity contribution in [2.24, 2.45) is 5.10 Å². The lowest BCUT2D eigenvalue weighted by molar-refractivity contribution is -0.143. The molecule has 0 saturated heterocycles. The first-order chi connectivity index (χ1) is 13.7. The van der Waals surface area contributed by atoms with Crippen molar-refractivity contribution in [3.8, 4) is 5.69 Å². The number of carbonyl (C=O) groups excluding carboxylic acids is 1. The highest BCUT2D eigenvalue weighted by molar-refractivity contribution is 6.30. The van der Waals surface area contributed by atoms with Crippen molar-refractivity contribution in [2.45, 2.75) is 6.18 Å². The summed E-state index contributed by atoms with van der Waals surface area (Å²) in [6.45, 7) is 0. The molecule has 5 nitrogen and oxygen atoms in total. The van der Waals surface area contributed by atoms with Crippen LogP contribution >= 0.6 is 23.2 Å². The second kappa shape index (κ2) is 8.22. The molecule has 11 heteroatoms. The van der Waals surface area contributed by atoms with Gasteiger partial charge in [-0.25, -0.2) is 14.5 Å². The molecule has 1 N–H and O–H groups in total. The van der Waals surface area contributed by atoms with Crippen LogP contribution in [0.2, 0.25) is 10.0 Å². The Morgan fingerprint density at radius 3 is 2.38 bits per heavy atom. The highest BCUT2D eigenvalue weighted by atomic mass is 35.5. The van der Waals surface area contributed by atoms with E-state index >= 15 is 0 Å². The third-order valence-corrected chi connectivity index (χ3v) is 4.17. The van der Waals surface area contributed by atoms with E-state index in [1.54, 1.807) is 0 Å². The SMILES string of the molecule is O=C(NN=Cc1ccc(Cl)cc1F)c1cnn(-c2ccc(Cl)cc2)c1C(F)(F)F. The van der Waals surface area contributed by atoms with Crippen LogP contribution in [-0.4, -0.2) is 21.9 Å². The van der Waals surface area contributed by atoms with E-state index in [1.807, 2.05) is 5.43 Å². The van der Waals surface area contributed by atoms with E-state index in [0.29, 0.717) is 9.70 Å². The number of nitrogens with zero attached hydrogens (tertiary/aromatic N) is 3. The number of aromatic nitrogens is 2. The molecule has 150 valence electrons. The molecule has 0 aliphatic heterocycles. The number of alkyl halides is 3. The largest absolute Gasteiger partial charge is 0.434 e. The number of hydrogen-bond acceptors (Lipinski definition) is 3. The average molecular weight is 445 g/mol. The molecule has 0 aliphatic carbocycles. The molecule has 3 aromatic rings. The molecule has 0 atom stereocenters. The van der Waals surface area contributed by atoms with Crippen molar-refractivity contribution in [1.29, 1.82) is 0 Å². The van der Waals surface area contributed by atoms with Gasteiger partial charge in [0.1, 0.15) is 5.82 Å². The van der Waals surface area contributed by atoms with E-state index in [1.165, 1.54) is 36.4 Å². The number of carbonyl (C=O) groups is 1. The number of halogens is 6. The summed E-state index contributed by atoms with van der Waals surface area (Å²) in [6, 6.07) is 9.16. The summed E-state index contributed by atoms with van der Waals surface area (Å²) in [6.07, 6.45) is -3.17. The Bertz CT molecular complexity index is 1080. The van der Waals surface area contributed by atoms with E-state index in [0.717, 1.165) is 18.5 Å². The van der Waals surface area contributed by atoms with Gasteiger partial charge in [-0.1, -0.05) is 23.2 Å². The first-order valence-electron chi connectivity index (χ1n) is 7.86. The van der Waals surface area contributed by atoms with Crippen molar-refractivity contribution in [3.05, 3.63) is 81.3 Å². The third kappa shape index (κ3) is 4.75. The second-order valence-corrected chi connectivity index (χ2v) is 6.53. The zero-order valence-corrected chi connectivity index (χ0v) is 15.7. The van der Waals surface area contributed by atoms with Crippen LogP contribution in [0.1, 0.15) is 21.6 Å². The summed E-state index contributed by atoms with van der Waals surface area (Å²) in [7, 11) is 0. The molecule has 3 rings (SSSR count). The van der Waals surface area contributed by atoms with Crippen molar-refractivity contribution >= 4 is 35.3 Å². The number of rotatable bonds is 4. The van der Waals surface area contributed by atoms with E-state index < -0.39 is 29.2 Å². The lowest BCUT2D eigenvalue weighted by Crippen LogP contribution is -2.23. The molecule has 1 heterocycles. The van der Waals surface area contributed by atoms with Crippen molar-refractivity contribution in [3.63, 3.8) is 0 Å². The molecule has 0 spiro atoms. The maximum Gasteiger partial charge on any atom is 0.434 e. The molecule has 1 aromatic heterocycles. The van der Waals surface area contributed by atoms with E-state index in [2.05, 4.69) is 10.2 Å². The van der Waals surface area contributed by atoms with Gasteiger partial charge in [0.15, 0.2) is 5.69 Å². The lowest BCUT2D eigenvalue weighted by atomic mass is 10.2. The van der Waals surface area contributed by atoms with Gasteiger partial charge in [-0.3, -0.25) is 4.79 Å². The average Bonchev–Trinajstić information content (AvgIpc) is 3.10. The smallest absolute Gasteiger partial charge is 0.267 e. The Morgan fingerprint density at radius 2 is 1.76 bits per heavy atom. The van der Waals surface area contributed by atoms with Crippen LogP contribution in [0.3, 0.4) is 0 Å². The van der Waals surface area contributed by atoms with E-state index in [4.69, 9.17) is 23.2 Å². The van der Waals surface area contributed by atoms with Gasteiger partial charge in [-0.15, -0.1) is 0 Å². The van der Waals surface area contributed by atoms with Crippen molar-refractivity contribution in [2.75, 3.05) is 0 Å². The Labute approximate surface area is 171 Å². The molecule has 0 fully saturated rings. The fourth-order valence-electron chi connectivity index (χ4n) is 2.39. The molecule has 29 heavy (non-hydrogen) atoms. The second-order valence-electron chi connectivity index (χ2n) is 5.66. The molecule has 0 aliphatic rings. The van der Waals surface area contributed by atoms with E-state index in [9.17, 15) is 22.4 Å². The van der Waals surface area contributed by atoms with Gasteiger partial charge in [0.25, 0.3) is 5.91 Å². The predicted octanol–water partition coefficient (Wildman–Crippen LogP) is 5.10. The van der Waals surface area contributed by atoms with Gasteiger partial charge in [0.2, 0.25) is 0 Å². The summed E-state index contributed by atoms with van der Waals surface area (Å²) in [5.74, 6) is -1.87. The molecule has 2 aromatic carbocycles. The van der Waals surface area contributed by atoms with Crippen LogP contribution < -0.4 is 5.43 Å². The minimum Gasteiger partial charge on any atom is -0.267 e. The number of nitrogens with one attached hydrogen (secondary N) is 1. The Morgan fingerprint density at radius 1 is 1.10 bits per heavy atom. The zero-order chi connectivity index (χ0) is 21.2. The molecule has 0 unspecified atom stereocenters. The maximum absolute atomic E-state index is 13.7. The lowest BCUT2D eigenvalue weighted by Gasteiger charge is -2.12. The molecule has 1 amide bonds. The van der Waals surface area contributed by atoms with Crippen molar-refractivity contribution in [1.82, 2.24) is 15.2 Å². The Kier molecular flexibility index (Phi) is 5.90. The zero-order valence-electron chi connectivity index (χ0n) is 14.2. The number of amides is 1. The van der Waals surface area contributed by atoms with E-state index in [-0.39, 0.29) is 16.3 Å². The standard InChI is InChI=1S/C18H10Cl2F4N4O/c19-11-3-5-13(6-4-11)28-16(18(22,23)24)14(9-26-28)17(29)27-25-8-10-1-2-12(20)7-15(10)21/h1-9H,(H,27,29). The highest BCUT2D eigenvalue weighted by Gasteiger charge is 2.40. The third-order valence-electron chi connectivity index (χ3n) is 3.69. The summed E-state index contributed by atoms with van der Waals surface area (Å²) < 4.78 is 55.0. The number of benzene rings is 2. The van der Waals surface area contributed by atoms with Gasteiger partial charge in [0.05, 0.1) is 23.7 Å². The monoisotopic (exact) mass is 444 g/mol. The molecule has 0 radical (unpaired) electrons. The molecular weight excluding hydrogens is 435 g/mol. The quantitative estimate of drug-likeness (QED) is 0.345. The highest BCUT2D eigenvalue weighted by Crippen LogP contribution is 2.33. The van der Waals surface area contributed by atoms with Crippen LogP contribution in [0.4, 0.5) is 17.6 Å². The fraction of sp³-hybridized carbons (Fsp3) is 0.0556. The minimum absolute atomic E-state index is 0.0115. The normalized spacial score (nSPS) is 11.8. The first-order valence-corrected chi connectivity index (χ1v) is 8.62. The molecular formula is C18H10Cl2F4N4O. The van der Waals surface area contributed by atoms with Crippen molar-refractivity contribution < 1.29 is 22.4 Å². The first kappa shape index (κ1) is 20.8. The summed E-state index contributed by atoms with van der Waals surface area (Å²) in [5, 5.41) is 7.65. The molecule has 0 bridgehead atoms. The predicted molar refractivity (Wildman–Crippen MR) is 100 cm³/mol. The number of hydrazone groups is 1. The van der Waals surface area contributed by atoms with Crippen LogP contribution in [0.25, 0.3) is 5.69 Å². The van der Waals surface area contributed by atoms with Crippen LogP contribution in [0.5, 0.6) is 0 Å². The van der Waals surface area contributed by atoms with Gasteiger partial charge in [0, 0.05) is 15.6 Å². The fourth-order valence-corrected chi connectivity index (χ4v) is 2.68. The maximum atomic E-state index is 13.7. The minimum atomic E-state index is -4.88. The Hall–Kier alpha value is -2.91. The topological polar surface area (TPSA) is 59.3 Å². The van der Waals surface area contributed by atoms with Gasteiger partial charge >= 0.3 is 6.18 Å². The Balaban J connectivity index is 1.88. The van der Waals surface area contributed by atoms with Gasteiger partial charge in [-0.2, -0.15) is 23.4 Å². The van der Waals surface area contributed by atoms with Gasteiger partial charge in [-0.05, 0) is 42.5 Å². The van der Waals surface area contributed by atoms with Crippen LogP contribution in [0, 0.1) is 5.82 Å². The van der Waals surface area contributed by atoms with Crippen LogP contribution in [0.15, 0.2) is 53.8 Å². The summed E-state index contributed by atoms with van der Waals surface area (Å²) in [4.78, 5) is 12.2. The summed E-state index contributed by atoms with van der Waals surface area (Å²) in [5.41, 5.74) is -0.0526. The van der Waals surface area contributed by atoms with Crippen LogP contribution in [-0.2, 0) is 6.18 Å². The van der Waals surface area contributed by atoms with Gasteiger partial charge < -0.3 is 0 Å². The summed E-state index contributed by atoms with van der Waals surface area (Å²) >= 11 is 11.4. The number of hydrogen-bond donors (Lipinski definition) is 1.